The summed E-state index contributed by atoms with van der Waals surface area (Å²) < 4.78 is 32.1. The number of nitrogens with two attached hydrogens (primary N) is 1. The van der Waals surface area contributed by atoms with E-state index in [1.807, 2.05) is 0 Å². The summed E-state index contributed by atoms with van der Waals surface area (Å²) in [5.41, 5.74) is 8.00. The highest BCUT2D eigenvalue weighted by Gasteiger charge is 2.31. The summed E-state index contributed by atoms with van der Waals surface area (Å²) in [7, 11) is -0.152. The molecule has 0 spiro atoms. The average Bonchev–Trinajstić information content (AvgIpc) is 3.37. The number of nitrogens with one attached hydrogen (secondary N) is 1. The maximum atomic E-state index is 12.6. The second-order valence-electron chi connectivity index (χ2n) is 8.65. The zero-order valence-corrected chi connectivity index (χ0v) is 20.4. The lowest BCUT2D eigenvalue weighted by Gasteiger charge is -2.19. The van der Waals surface area contributed by atoms with Crippen molar-refractivity contribution in [3.63, 3.8) is 0 Å². The standard InChI is InChI=1S/C23H26N6O5S/c1-28(2)22(27-35(3,32)33)15-4-7-17(8-5-15)29-13-14(10-20(29)30)12-25-23(31)16-6-9-19-18(11-16)21(24)26-34-19/h4-9,11,14H,10,12-13H2,1-3H3,(H2,24,26)(H,25,31)/b27-22+. The Morgan fingerprint density at radius 2 is 1.91 bits per heavy atom. The van der Waals surface area contributed by atoms with Crippen molar-refractivity contribution in [3.05, 3.63) is 53.6 Å². The van der Waals surface area contributed by atoms with Gasteiger partial charge in [-0.2, -0.15) is 0 Å². The monoisotopic (exact) mass is 498 g/mol. The first-order chi connectivity index (χ1) is 16.5. The first-order valence-corrected chi connectivity index (χ1v) is 12.7. The van der Waals surface area contributed by atoms with Gasteiger partial charge in [-0.3, -0.25) is 9.59 Å². The number of fused-ring (bicyclic) bond motifs is 1. The predicted octanol–water partition coefficient (Wildman–Crippen LogP) is 1.46. The molecule has 1 atom stereocenters. The minimum atomic E-state index is -3.57. The van der Waals surface area contributed by atoms with E-state index in [-0.39, 0.29) is 23.6 Å². The molecule has 0 saturated carbocycles. The summed E-state index contributed by atoms with van der Waals surface area (Å²) in [6.45, 7) is 0.788. The molecule has 1 fully saturated rings. The van der Waals surface area contributed by atoms with E-state index in [4.69, 9.17) is 10.3 Å². The number of anilines is 2. The van der Waals surface area contributed by atoms with Crippen molar-refractivity contribution < 1.29 is 22.5 Å². The van der Waals surface area contributed by atoms with Crippen LogP contribution in [0.5, 0.6) is 0 Å². The number of nitrogen functional groups attached to an aromatic ring is 1. The van der Waals surface area contributed by atoms with E-state index < -0.39 is 10.0 Å². The molecule has 35 heavy (non-hydrogen) atoms. The Kier molecular flexibility index (Phi) is 6.48. The lowest BCUT2D eigenvalue weighted by molar-refractivity contribution is -0.117. The largest absolute Gasteiger partial charge is 0.380 e. The van der Waals surface area contributed by atoms with Crippen molar-refractivity contribution in [3.8, 4) is 0 Å². The summed E-state index contributed by atoms with van der Waals surface area (Å²) in [5, 5.41) is 7.13. The van der Waals surface area contributed by atoms with Crippen LogP contribution >= 0.6 is 0 Å². The number of carbonyl (C=O) groups excluding carboxylic acids is 2. The van der Waals surface area contributed by atoms with Crippen LogP contribution in [0.2, 0.25) is 0 Å². The molecule has 4 rings (SSSR count). The molecule has 1 aliphatic rings. The van der Waals surface area contributed by atoms with Gasteiger partial charge in [-0.25, -0.2) is 8.42 Å². The van der Waals surface area contributed by atoms with Crippen LogP contribution in [-0.4, -0.2) is 69.6 Å². The minimum Gasteiger partial charge on any atom is -0.380 e. The molecule has 1 aromatic heterocycles. The number of nitrogens with zero attached hydrogens (tertiary/aromatic N) is 4. The number of hydrogen-bond donors (Lipinski definition) is 2. The van der Waals surface area contributed by atoms with E-state index in [0.717, 1.165) is 6.26 Å². The number of carbonyl (C=O) groups is 2. The highest BCUT2D eigenvalue weighted by molar-refractivity contribution is 7.89. The first-order valence-electron chi connectivity index (χ1n) is 10.8. The van der Waals surface area contributed by atoms with E-state index in [0.29, 0.717) is 53.1 Å². The molecule has 11 nitrogen and oxygen atoms in total. The molecule has 0 bridgehead atoms. The summed E-state index contributed by atoms with van der Waals surface area (Å²) in [6, 6.07) is 11.9. The van der Waals surface area contributed by atoms with Crippen molar-refractivity contribution >= 4 is 50.1 Å². The average molecular weight is 499 g/mol. The fourth-order valence-electron chi connectivity index (χ4n) is 3.95. The van der Waals surface area contributed by atoms with Crippen LogP contribution in [0, 0.1) is 5.92 Å². The van der Waals surface area contributed by atoms with E-state index >= 15 is 0 Å². The molecule has 2 amide bonds. The molecule has 184 valence electrons. The molecule has 3 aromatic rings. The van der Waals surface area contributed by atoms with Gasteiger partial charge in [0.15, 0.2) is 11.4 Å². The molecule has 2 heterocycles. The third-order valence-corrected chi connectivity index (χ3v) is 6.13. The molecule has 1 unspecified atom stereocenters. The highest BCUT2D eigenvalue weighted by Crippen LogP contribution is 2.26. The lowest BCUT2D eigenvalue weighted by atomic mass is 10.1. The molecule has 1 aliphatic heterocycles. The van der Waals surface area contributed by atoms with Gasteiger partial charge in [-0.15, -0.1) is 4.40 Å². The zero-order valence-electron chi connectivity index (χ0n) is 19.6. The Morgan fingerprint density at radius 3 is 2.57 bits per heavy atom. The molecule has 0 radical (unpaired) electrons. The maximum absolute atomic E-state index is 12.6. The summed E-state index contributed by atoms with van der Waals surface area (Å²) >= 11 is 0. The van der Waals surface area contributed by atoms with E-state index in [9.17, 15) is 18.0 Å². The number of amidine groups is 1. The van der Waals surface area contributed by atoms with Crippen LogP contribution in [0.15, 0.2) is 51.4 Å². The normalized spacial score (nSPS) is 16.7. The quantitative estimate of drug-likeness (QED) is 0.383. The fourth-order valence-corrected chi connectivity index (χ4v) is 4.53. The van der Waals surface area contributed by atoms with Gasteiger partial charge in [0, 0.05) is 56.3 Å². The predicted molar refractivity (Wildman–Crippen MR) is 133 cm³/mol. The Hall–Kier alpha value is -3.93. The van der Waals surface area contributed by atoms with Crippen LogP contribution in [0.4, 0.5) is 11.5 Å². The number of aromatic nitrogens is 1. The van der Waals surface area contributed by atoms with Crippen LogP contribution in [0.25, 0.3) is 11.0 Å². The van der Waals surface area contributed by atoms with Gasteiger partial charge in [-0.05, 0) is 42.5 Å². The Morgan fingerprint density at radius 1 is 1.23 bits per heavy atom. The molecule has 3 N–H and O–H groups in total. The van der Waals surface area contributed by atoms with Gasteiger partial charge in [0.2, 0.25) is 5.91 Å². The highest BCUT2D eigenvalue weighted by atomic mass is 32.2. The Balaban J connectivity index is 1.40. The van der Waals surface area contributed by atoms with Gasteiger partial charge < -0.3 is 25.4 Å². The van der Waals surface area contributed by atoms with E-state index in [1.54, 1.807) is 66.4 Å². The second-order valence-corrected chi connectivity index (χ2v) is 10.3. The van der Waals surface area contributed by atoms with E-state index in [1.165, 1.54) is 0 Å². The summed E-state index contributed by atoms with van der Waals surface area (Å²) in [5.74, 6) is 0.147. The van der Waals surface area contributed by atoms with Gasteiger partial charge in [0.05, 0.1) is 11.6 Å². The molecule has 12 heteroatoms. The van der Waals surface area contributed by atoms with Gasteiger partial charge >= 0.3 is 0 Å². The SMILES string of the molecule is CN(C)/C(=N/S(C)(=O)=O)c1ccc(N2CC(CNC(=O)c3ccc4onc(N)c4c3)CC2=O)cc1. The van der Waals surface area contributed by atoms with Crippen LogP contribution < -0.4 is 16.0 Å². The topological polar surface area (TPSA) is 151 Å². The molecular weight excluding hydrogens is 472 g/mol. The maximum Gasteiger partial charge on any atom is 0.252 e. The van der Waals surface area contributed by atoms with Gasteiger partial charge in [-0.1, -0.05) is 5.16 Å². The van der Waals surface area contributed by atoms with Crippen LogP contribution in [-0.2, 0) is 14.8 Å². The first kappa shape index (κ1) is 24.2. The van der Waals surface area contributed by atoms with Crippen molar-refractivity contribution in [2.45, 2.75) is 6.42 Å². The number of sulfonamides is 1. The zero-order chi connectivity index (χ0) is 25.3. The van der Waals surface area contributed by atoms with Gasteiger partial charge in [0.25, 0.3) is 15.9 Å². The third kappa shape index (κ3) is 5.43. The number of rotatable bonds is 6. The fraction of sp³-hybridized carbons (Fsp3) is 0.304. The van der Waals surface area contributed by atoms with Crippen LogP contribution in [0.3, 0.4) is 0 Å². The van der Waals surface area contributed by atoms with Crippen molar-refractivity contribution in [1.82, 2.24) is 15.4 Å². The van der Waals surface area contributed by atoms with Crippen molar-refractivity contribution in [2.24, 2.45) is 10.3 Å². The molecule has 2 aromatic carbocycles. The number of hydrogen-bond acceptors (Lipinski definition) is 7. The number of amides is 2. The second kappa shape index (κ2) is 9.37. The van der Waals surface area contributed by atoms with E-state index in [2.05, 4.69) is 14.9 Å². The van der Waals surface area contributed by atoms with Crippen molar-refractivity contribution in [1.29, 1.82) is 0 Å². The lowest BCUT2D eigenvalue weighted by Crippen LogP contribution is -2.31. The minimum absolute atomic E-state index is 0.0479. The summed E-state index contributed by atoms with van der Waals surface area (Å²) in [6.07, 6.45) is 1.34. The summed E-state index contributed by atoms with van der Waals surface area (Å²) in [4.78, 5) is 28.5. The van der Waals surface area contributed by atoms with Crippen molar-refractivity contribution in [2.75, 3.05) is 44.1 Å². The van der Waals surface area contributed by atoms with Gasteiger partial charge in [0.1, 0.15) is 5.84 Å². The molecule has 0 aliphatic carbocycles. The molecule has 1 saturated heterocycles. The van der Waals surface area contributed by atoms with Crippen LogP contribution in [0.1, 0.15) is 22.3 Å². The Bertz CT molecular complexity index is 1410. The molecular formula is C23H26N6O5S. The third-order valence-electron chi connectivity index (χ3n) is 5.63. The Labute approximate surface area is 202 Å². The number of benzene rings is 2. The smallest absolute Gasteiger partial charge is 0.252 e.